The van der Waals surface area contributed by atoms with Crippen molar-refractivity contribution in [2.75, 3.05) is 19.5 Å². The largest absolute Gasteiger partial charge is 0.496 e. The molecule has 1 atom stereocenters. The van der Waals surface area contributed by atoms with Gasteiger partial charge in [-0.15, -0.1) is 0 Å². The predicted octanol–water partition coefficient (Wildman–Crippen LogP) is 6.03. The molecule has 0 saturated carbocycles. The van der Waals surface area contributed by atoms with Crippen LogP contribution in [0.1, 0.15) is 41.3 Å². The highest BCUT2D eigenvalue weighted by molar-refractivity contribution is 5.77. The van der Waals surface area contributed by atoms with Gasteiger partial charge in [-0.2, -0.15) is 0 Å². The van der Waals surface area contributed by atoms with Gasteiger partial charge in [-0.3, -0.25) is 4.79 Å². The number of fused-ring (bicyclic) bond motifs is 1. The van der Waals surface area contributed by atoms with Gasteiger partial charge in [0.15, 0.2) is 0 Å². The average Bonchev–Trinajstić information content (AvgIpc) is 3.46. The maximum Gasteiger partial charge on any atom is 0.303 e. The number of carboxylic acids is 1. The number of hydrogen-bond acceptors (Lipinski definition) is 6. The number of nitrogen functional groups attached to an aromatic ring is 1. The molecule has 5 rings (SSSR count). The van der Waals surface area contributed by atoms with Crippen molar-refractivity contribution in [3.05, 3.63) is 83.2 Å². The van der Waals surface area contributed by atoms with Crippen LogP contribution in [-0.2, 0) is 17.6 Å². The first-order valence-electron chi connectivity index (χ1n) is 12.4. The highest BCUT2D eigenvalue weighted by Crippen LogP contribution is 2.38. The van der Waals surface area contributed by atoms with Crippen LogP contribution in [0.4, 0.5) is 5.69 Å². The molecule has 1 heterocycles. The minimum Gasteiger partial charge on any atom is -0.496 e. The number of ether oxygens (including phenoxy) is 2. The fraction of sp³-hybridized carbons (Fsp3) is 0.267. The Hall–Kier alpha value is -4.26. The molecule has 0 fully saturated rings. The number of carbonyl (C=O) groups is 1. The first-order valence-corrected chi connectivity index (χ1v) is 12.4. The van der Waals surface area contributed by atoms with Crippen LogP contribution in [0.5, 0.6) is 11.5 Å². The number of methoxy groups -OCH3 is 1. The summed E-state index contributed by atoms with van der Waals surface area (Å²) in [5.74, 6) is 2.17. The van der Waals surface area contributed by atoms with Gasteiger partial charge in [0.2, 0.25) is 5.89 Å². The zero-order valence-electron chi connectivity index (χ0n) is 21.0. The van der Waals surface area contributed by atoms with Gasteiger partial charge in [0.05, 0.1) is 25.8 Å². The van der Waals surface area contributed by atoms with Crippen molar-refractivity contribution in [3.63, 3.8) is 0 Å². The van der Waals surface area contributed by atoms with Gasteiger partial charge in [0, 0.05) is 23.2 Å². The summed E-state index contributed by atoms with van der Waals surface area (Å²) in [6.45, 7) is 2.37. The normalized spacial score (nSPS) is 14.4. The number of benzene rings is 3. The second-order valence-electron chi connectivity index (χ2n) is 9.35. The summed E-state index contributed by atoms with van der Waals surface area (Å²) in [4.78, 5) is 15.8. The van der Waals surface area contributed by atoms with Crippen LogP contribution < -0.4 is 15.2 Å². The Kier molecular flexibility index (Phi) is 6.86. The number of hydrogen-bond donors (Lipinski definition) is 2. The van der Waals surface area contributed by atoms with Crippen molar-refractivity contribution in [1.29, 1.82) is 0 Å². The standard InChI is InChI=1S/C30H30N2O5/c1-18-27(12-13-36-24-9-10-25-20(15-24)6-7-21(25)17-29(33)34)32-30(37-18)22-8-11-28(35-2)26(16-22)19-4-3-5-23(31)14-19/h3-5,8-11,14-16,21H,6-7,12-13,17,31H2,1-2H3,(H,33,34)/t21-/m0/s1. The zero-order valence-corrected chi connectivity index (χ0v) is 21.0. The molecule has 0 spiro atoms. The van der Waals surface area contributed by atoms with Gasteiger partial charge in [0.25, 0.3) is 0 Å². The summed E-state index contributed by atoms with van der Waals surface area (Å²) in [5.41, 5.74) is 12.6. The van der Waals surface area contributed by atoms with E-state index in [1.54, 1.807) is 7.11 Å². The molecule has 0 saturated heterocycles. The van der Waals surface area contributed by atoms with E-state index in [1.165, 1.54) is 5.56 Å². The lowest BCUT2D eigenvalue weighted by atomic mass is 9.98. The number of aliphatic carboxylic acids is 1. The molecule has 3 aromatic carbocycles. The monoisotopic (exact) mass is 498 g/mol. The third-order valence-electron chi connectivity index (χ3n) is 6.88. The molecule has 7 nitrogen and oxygen atoms in total. The van der Waals surface area contributed by atoms with E-state index < -0.39 is 5.97 Å². The lowest BCUT2D eigenvalue weighted by Crippen LogP contribution is -2.04. The predicted molar refractivity (Wildman–Crippen MR) is 142 cm³/mol. The molecular formula is C30H30N2O5. The molecule has 1 aromatic heterocycles. The molecule has 1 aliphatic rings. The van der Waals surface area contributed by atoms with Crippen LogP contribution in [0.2, 0.25) is 0 Å². The molecule has 3 N–H and O–H groups in total. The molecule has 4 aromatic rings. The number of aromatic nitrogens is 1. The summed E-state index contributed by atoms with van der Waals surface area (Å²) in [6, 6.07) is 19.5. The van der Waals surface area contributed by atoms with Crippen molar-refractivity contribution in [2.24, 2.45) is 0 Å². The molecule has 0 radical (unpaired) electrons. The number of aryl methyl sites for hydroxylation is 2. The van der Waals surface area contributed by atoms with Gasteiger partial charge in [-0.1, -0.05) is 18.2 Å². The fourth-order valence-corrected chi connectivity index (χ4v) is 5.02. The van der Waals surface area contributed by atoms with E-state index in [-0.39, 0.29) is 12.3 Å². The topological polar surface area (TPSA) is 108 Å². The van der Waals surface area contributed by atoms with Crippen LogP contribution in [-0.4, -0.2) is 29.8 Å². The van der Waals surface area contributed by atoms with Crippen LogP contribution in [0.3, 0.4) is 0 Å². The van der Waals surface area contributed by atoms with Crippen molar-refractivity contribution >= 4 is 11.7 Å². The van der Waals surface area contributed by atoms with Crippen LogP contribution >= 0.6 is 0 Å². The Morgan fingerprint density at radius 1 is 1.14 bits per heavy atom. The van der Waals surface area contributed by atoms with Crippen molar-refractivity contribution in [2.45, 2.75) is 38.5 Å². The number of carboxylic acid groups (broad SMARTS) is 1. The number of nitrogens with zero attached hydrogens (tertiary/aromatic N) is 1. The summed E-state index contributed by atoms with van der Waals surface area (Å²) in [6.07, 6.45) is 2.54. The fourth-order valence-electron chi connectivity index (χ4n) is 5.02. The Balaban J connectivity index is 1.28. The Labute approximate surface area is 215 Å². The zero-order chi connectivity index (χ0) is 25.9. The van der Waals surface area contributed by atoms with E-state index in [0.717, 1.165) is 58.0 Å². The van der Waals surface area contributed by atoms with Gasteiger partial charge in [0.1, 0.15) is 17.3 Å². The maximum atomic E-state index is 11.1. The van der Waals surface area contributed by atoms with E-state index in [4.69, 9.17) is 29.7 Å². The van der Waals surface area contributed by atoms with Crippen molar-refractivity contribution < 1.29 is 23.8 Å². The van der Waals surface area contributed by atoms with E-state index in [2.05, 4.69) is 0 Å². The lowest BCUT2D eigenvalue weighted by molar-refractivity contribution is -0.137. The Morgan fingerprint density at radius 3 is 2.78 bits per heavy atom. The molecule has 1 aliphatic carbocycles. The first kappa shape index (κ1) is 24.4. The smallest absolute Gasteiger partial charge is 0.303 e. The molecule has 190 valence electrons. The van der Waals surface area contributed by atoms with Gasteiger partial charge in [-0.25, -0.2) is 4.98 Å². The van der Waals surface area contributed by atoms with Crippen LogP contribution in [0.15, 0.2) is 65.1 Å². The molecule has 0 amide bonds. The average molecular weight is 499 g/mol. The Morgan fingerprint density at radius 2 is 2.00 bits per heavy atom. The second-order valence-corrected chi connectivity index (χ2v) is 9.35. The third-order valence-corrected chi connectivity index (χ3v) is 6.88. The first-order chi connectivity index (χ1) is 17.9. The summed E-state index contributed by atoms with van der Waals surface area (Å²) < 4.78 is 17.6. The summed E-state index contributed by atoms with van der Waals surface area (Å²) in [7, 11) is 1.65. The highest BCUT2D eigenvalue weighted by atomic mass is 16.5. The molecule has 0 bridgehead atoms. The minimum atomic E-state index is -0.754. The maximum absolute atomic E-state index is 11.1. The number of nitrogens with two attached hydrogens (primary N) is 1. The SMILES string of the molecule is COc1ccc(-c2nc(CCOc3ccc4c(c3)CC[C@H]4CC(=O)O)c(C)o2)cc1-c1cccc(N)c1. The lowest BCUT2D eigenvalue weighted by Gasteiger charge is -2.11. The molecule has 0 unspecified atom stereocenters. The number of rotatable bonds is 9. The summed E-state index contributed by atoms with van der Waals surface area (Å²) in [5, 5.41) is 9.13. The Bertz CT molecular complexity index is 1440. The number of oxazole rings is 1. The molecule has 0 aliphatic heterocycles. The van der Waals surface area contributed by atoms with E-state index in [1.807, 2.05) is 67.6 Å². The van der Waals surface area contributed by atoms with E-state index >= 15 is 0 Å². The minimum absolute atomic E-state index is 0.0930. The quantitative estimate of drug-likeness (QED) is 0.271. The van der Waals surface area contributed by atoms with Crippen LogP contribution in [0, 0.1) is 6.92 Å². The van der Waals surface area contributed by atoms with Gasteiger partial charge in [-0.05, 0) is 84.8 Å². The number of anilines is 1. The van der Waals surface area contributed by atoms with Gasteiger partial charge < -0.3 is 24.7 Å². The van der Waals surface area contributed by atoms with E-state index in [9.17, 15) is 4.79 Å². The third kappa shape index (κ3) is 5.31. The van der Waals surface area contributed by atoms with Crippen molar-refractivity contribution in [3.8, 4) is 34.1 Å². The second kappa shape index (κ2) is 10.4. The van der Waals surface area contributed by atoms with Crippen LogP contribution in [0.25, 0.3) is 22.6 Å². The van der Waals surface area contributed by atoms with Gasteiger partial charge >= 0.3 is 5.97 Å². The van der Waals surface area contributed by atoms with Crippen molar-refractivity contribution in [1.82, 2.24) is 4.98 Å². The molecule has 7 heteroatoms. The molecule has 37 heavy (non-hydrogen) atoms. The molecular weight excluding hydrogens is 468 g/mol. The van der Waals surface area contributed by atoms with E-state index in [0.29, 0.717) is 24.6 Å². The summed E-state index contributed by atoms with van der Waals surface area (Å²) >= 11 is 0. The highest BCUT2D eigenvalue weighted by Gasteiger charge is 2.25.